The first-order valence-electron chi connectivity index (χ1n) is 5.53. The summed E-state index contributed by atoms with van der Waals surface area (Å²) in [6.07, 6.45) is 2.42. The lowest BCUT2D eigenvalue weighted by molar-refractivity contribution is 0.281. The van der Waals surface area contributed by atoms with Crippen LogP contribution in [0.1, 0.15) is 18.4 Å². The van der Waals surface area contributed by atoms with Gasteiger partial charge in [-0.05, 0) is 30.5 Å². The van der Waals surface area contributed by atoms with Crippen molar-refractivity contribution in [3.8, 4) is 0 Å². The molecule has 1 aliphatic carbocycles. The molecule has 1 aliphatic rings. The summed E-state index contributed by atoms with van der Waals surface area (Å²) in [5.74, 6) is 0. The Morgan fingerprint density at radius 3 is 2.56 bits per heavy atom. The van der Waals surface area contributed by atoms with Crippen molar-refractivity contribution in [2.24, 2.45) is 0 Å². The van der Waals surface area contributed by atoms with Crippen LogP contribution in [0.3, 0.4) is 0 Å². The van der Waals surface area contributed by atoms with Gasteiger partial charge in [-0.15, -0.1) is 0 Å². The number of anilines is 1. The zero-order valence-electron chi connectivity index (χ0n) is 9.06. The zero-order valence-corrected chi connectivity index (χ0v) is 10.7. The number of hydrogen-bond acceptors (Lipinski definition) is 3. The minimum absolute atomic E-state index is 0.0459. The topological polar surface area (TPSA) is 43.7 Å². The highest BCUT2D eigenvalue weighted by atomic mass is 79.9. The van der Waals surface area contributed by atoms with Crippen molar-refractivity contribution in [2.45, 2.75) is 25.5 Å². The van der Waals surface area contributed by atoms with Crippen LogP contribution in [0, 0.1) is 0 Å². The van der Waals surface area contributed by atoms with E-state index in [0.29, 0.717) is 12.6 Å². The molecule has 1 aromatic rings. The van der Waals surface area contributed by atoms with Crippen LogP contribution in [0.2, 0.25) is 0 Å². The van der Waals surface area contributed by atoms with Crippen molar-refractivity contribution in [3.63, 3.8) is 0 Å². The third-order valence-electron chi connectivity index (χ3n) is 2.87. The number of nitrogens with zero attached hydrogens (tertiary/aromatic N) is 1. The van der Waals surface area contributed by atoms with Crippen LogP contribution in [-0.4, -0.2) is 29.4 Å². The fourth-order valence-corrected chi connectivity index (χ4v) is 2.35. The Labute approximate surface area is 104 Å². The lowest BCUT2D eigenvalue weighted by atomic mass is 10.2. The van der Waals surface area contributed by atoms with E-state index in [4.69, 9.17) is 10.2 Å². The number of aliphatic hydroxyl groups is 2. The Hall–Kier alpha value is -0.580. The van der Waals surface area contributed by atoms with Crippen molar-refractivity contribution in [3.05, 3.63) is 28.2 Å². The highest BCUT2D eigenvalue weighted by molar-refractivity contribution is 9.10. The molecule has 1 aromatic carbocycles. The number of halogens is 1. The number of aliphatic hydroxyl groups excluding tert-OH is 2. The zero-order chi connectivity index (χ0) is 11.5. The molecule has 0 aromatic heterocycles. The Morgan fingerprint density at radius 1 is 1.31 bits per heavy atom. The van der Waals surface area contributed by atoms with E-state index in [9.17, 15) is 0 Å². The Morgan fingerprint density at radius 2 is 2.06 bits per heavy atom. The first kappa shape index (κ1) is 11.9. The summed E-state index contributed by atoms with van der Waals surface area (Å²) in [7, 11) is 0. The van der Waals surface area contributed by atoms with E-state index in [2.05, 4.69) is 20.8 Å². The second-order valence-corrected chi connectivity index (χ2v) is 4.94. The normalized spacial score (nSPS) is 15.2. The van der Waals surface area contributed by atoms with Crippen LogP contribution in [0.15, 0.2) is 22.7 Å². The standard InChI is InChI=1S/C12H16BrNO2/c13-12-7-11(2-1-9(12)8-16)14(5-6-15)10-3-4-10/h1-2,7,10,15-16H,3-6,8H2. The molecule has 0 saturated heterocycles. The molecule has 2 rings (SSSR count). The maximum atomic E-state index is 9.09. The second-order valence-electron chi connectivity index (χ2n) is 4.08. The van der Waals surface area contributed by atoms with E-state index in [1.165, 1.54) is 12.8 Å². The van der Waals surface area contributed by atoms with Gasteiger partial charge in [0.05, 0.1) is 13.2 Å². The average molecular weight is 286 g/mol. The average Bonchev–Trinajstić information content (AvgIpc) is 3.09. The first-order valence-corrected chi connectivity index (χ1v) is 6.32. The Balaban J connectivity index is 2.20. The summed E-state index contributed by atoms with van der Waals surface area (Å²) in [4.78, 5) is 2.23. The Kier molecular flexibility index (Phi) is 3.84. The SMILES string of the molecule is OCCN(c1ccc(CO)c(Br)c1)C1CC1. The third kappa shape index (κ3) is 2.56. The van der Waals surface area contributed by atoms with Gasteiger partial charge in [0, 0.05) is 22.7 Å². The van der Waals surface area contributed by atoms with Crippen LogP contribution in [0.5, 0.6) is 0 Å². The molecule has 0 radical (unpaired) electrons. The quantitative estimate of drug-likeness (QED) is 0.869. The number of hydrogen-bond donors (Lipinski definition) is 2. The van der Waals surface area contributed by atoms with Crippen molar-refractivity contribution >= 4 is 21.6 Å². The van der Waals surface area contributed by atoms with Crippen molar-refractivity contribution in [2.75, 3.05) is 18.1 Å². The first-order chi connectivity index (χ1) is 7.76. The molecule has 0 aliphatic heterocycles. The second kappa shape index (κ2) is 5.17. The largest absolute Gasteiger partial charge is 0.395 e. The van der Waals surface area contributed by atoms with Gasteiger partial charge in [-0.25, -0.2) is 0 Å². The molecule has 1 fully saturated rings. The summed E-state index contributed by atoms with van der Waals surface area (Å²) >= 11 is 3.45. The van der Waals surface area contributed by atoms with E-state index >= 15 is 0 Å². The van der Waals surface area contributed by atoms with Gasteiger partial charge >= 0.3 is 0 Å². The predicted octanol–water partition coefficient (Wildman–Crippen LogP) is 1.90. The fraction of sp³-hybridized carbons (Fsp3) is 0.500. The number of benzene rings is 1. The molecule has 0 heterocycles. The van der Waals surface area contributed by atoms with Crippen LogP contribution >= 0.6 is 15.9 Å². The van der Waals surface area contributed by atoms with Gasteiger partial charge in [0.25, 0.3) is 0 Å². The van der Waals surface area contributed by atoms with Gasteiger partial charge in [0.2, 0.25) is 0 Å². The molecule has 4 heteroatoms. The Bertz CT molecular complexity index is 366. The van der Waals surface area contributed by atoms with Gasteiger partial charge < -0.3 is 15.1 Å². The molecular weight excluding hydrogens is 270 g/mol. The molecule has 3 nitrogen and oxygen atoms in total. The minimum atomic E-state index is 0.0459. The van der Waals surface area contributed by atoms with E-state index < -0.39 is 0 Å². The third-order valence-corrected chi connectivity index (χ3v) is 3.61. The summed E-state index contributed by atoms with van der Waals surface area (Å²) in [6.45, 7) is 0.899. The molecule has 1 saturated carbocycles. The molecule has 0 bridgehead atoms. The smallest absolute Gasteiger partial charge is 0.0692 e. The lowest BCUT2D eigenvalue weighted by Gasteiger charge is -2.24. The van der Waals surface area contributed by atoms with Gasteiger partial charge in [0.15, 0.2) is 0 Å². The molecule has 0 atom stereocenters. The van der Waals surface area contributed by atoms with E-state index in [1.54, 1.807) is 0 Å². The maximum absolute atomic E-state index is 9.09. The molecular formula is C12H16BrNO2. The summed E-state index contributed by atoms with van der Waals surface area (Å²) < 4.78 is 0.927. The van der Waals surface area contributed by atoms with E-state index in [0.717, 1.165) is 15.7 Å². The van der Waals surface area contributed by atoms with E-state index in [1.807, 2.05) is 18.2 Å². The lowest BCUT2D eigenvalue weighted by Crippen LogP contribution is -2.28. The summed E-state index contributed by atoms with van der Waals surface area (Å²) in [5.41, 5.74) is 2.00. The van der Waals surface area contributed by atoms with Crippen LogP contribution in [0.4, 0.5) is 5.69 Å². The van der Waals surface area contributed by atoms with Gasteiger partial charge in [-0.1, -0.05) is 22.0 Å². The van der Waals surface area contributed by atoms with Gasteiger partial charge in [-0.2, -0.15) is 0 Å². The van der Waals surface area contributed by atoms with E-state index in [-0.39, 0.29) is 13.2 Å². The maximum Gasteiger partial charge on any atom is 0.0692 e. The van der Waals surface area contributed by atoms with Crippen LogP contribution < -0.4 is 4.90 Å². The van der Waals surface area contributed by atoms with Gasteiger partial charge in [0.1, 0.15) is 0 Å². The monoisotopic (exact) mass is 285 g/mol. The predicted molar refractivity (Wildman–Crippen MR) is 67.5 cm³/mol. The molecule has 2 N–H and O–H groups in total. The summed E-state index contributed by atoms with van der Waals surface area (Å²) in [5, 5.41) is 18.1. The highest BCUT2D eigenvalue weighted by Gasteiger charge is 2.28. The van der Waals surface area contributed by atoms with Crippen LogP contribution in [0.25, 0.3) is 0 Å². The molecule has 16 heavy (non-hydrogen) atoms. The van der Waals surface area contributed by atoms with Crippen LogP contribution in [-0.2, 0) is 6.61 Å². The number of rotatable bonds is 5. The molecule has 88 valence electrons. The van der Waals surface area contributed by atoms with Crippen molar-refractivity contribution in [1.82, 2.24) is 0 Å². The molecule has 0 unspecified atom stereocenters. The molecule has 0 amide bonds. The van der Waals surface area contributed by atoms with Crippen molar-refractivity contribution < 1.29 is 10.2 Å². The van der Waals surface area contributed by atoms with Gasteiger partial charge in [-0.3, -0.25) is 0 Å². The molecule has 0 spiro atoms. The highest BCUT2D eigenvalue weighted by Crippen LogP contribution is 2.33. The minimum Gasteiger partial charge on any atom is -0.395 e. The van der Waals surface area contributed by atoms with Crippen molar-refractivity contribution in [1.29, 1.82) is 0 Å². The summed E-state index contributed by atoms with van der Waals surface area (Å²) in [6, 6.07) is 6.52. The fourth-order valence-electron chi connectivity index (χ4n) is 1.86.